The molecule has 1 aromatic heterocycles. The number of carbonyl (C=O) groups excluding carboxylic acids is 4. The van der Waals surface area contributed by atoms with Crippen molar-refractivity contribution < 1.29 is 19.2 Å². The fourth-order valence-electron chi connectivity index (χ4n) is 3.34. The number of benzene rings is 1. The number of pyridine rings is 1. The number of anilines is 1. The number of piperidine rings is 1. The molecule has 0 aliphatic carbocycles. The van der Waals surface area contributed by atoms with E-state index in [9.17, 15) is 19.2 Å². The number of rotatable bonds is 3. The van der Waals surface area contributed by atoms with Crippen LogP contribution < -0.4 is 10.6 Å². The fraction of sp³-hybridized carbons (Fsp3) is 0.211. The number of imide groups is 1. The van der Waals surface area contributed by atoms with E-state index in [0.29, 0.717) is 23.4 Å². The van der Waals surface area contributed by atoms with Crippen molar-refractivity contribution >= 4 is 29.3 Å². The molecule has 0 spiro atoms. The van der Waals surface area contributed by atoms with Gasteiger partial charge in [0.15, 0.2) is 0 Å². The molecule has 1 fully saturated rings. The minimum Gasteiger partial charge on any atom is -0.322 e. The van der Waals surface area contributed by atoms with Crippen LogP contribution in [0.15, 0.2) is 42.6 Å². The lowest BCUT2D eigenvalue weighted by Gasteiger charge is -2.29. The van der Waals surface area contributed by atoms with Crippen LogP contribution in [0.5, 0.6) is 0 Å². The lowest BCUT2D eigenvalue weighted by Crippen LogP contribution is -2.52. The molecule has 2 aromatic rings. The topological polar surface area (TPSA) is 108 Å². The summed E-state index contributed by atoms with van der Waals surface area (Å²) in [6.45, 7) is 0.258. The maximum Gasteiger partial charge on any atom is 0.274 e. The first-order valence-electron chi connectivity index (χ1n) is 8.53. The summed E-state index contributed by atoms with van der Waals surface area (Å²) in [5, 5.41) is 5.03. The Labute approximate surface area is 154 Å². The summed E-state index contributed by atoms with van der Waals surface area (Å²) in [6.07, 6.45) is 2.06. The molecule has 2 N–H and O–H groups in total. The average molecular weight is 364 g/mol. The summed E-state index contributed by atoms with van der Waals surface area (Å²) in [5.41, 5.74) is 2.06. The molecule has 3 heterocycles. The van der Waals surface area contributed by atoms with Crippen LogP contribution >= 0.6 is 0 Å². The molecule has 0 saturated carbocycles. The Morgan fingerprint density at radius 1 is 1.19 bits per heavy atom. The molecule has 8 nitrogen and oxygen atoms in total. The molecule has 0 radical (unpaired) electrons. The highest BCUT2D eigenvalue weighted by Crippen LogP contribution is 2.29. The van der Waals surface area contributed by atoms with Gasteiger partial charge in [-0.05, 0) is 42.3 Å². The van der Waals surface area contributed by atoms with Crippen molar-refractivity contribution in [2.45, 2.75) is 25.4 Å². The number of fused-ring (bicyclic) bond motifs is 1. The molecule has 2 aliphatic rings. The molecular weight excluding hydrogens is 348 g/mol. The molecule has 4 rings (SSSR count). The largest absolute Gasteiger partial charge is 0.322 e. The van der Waals surface area contributed by atoms with Crippen molar-refractivity contribution in [1.29, 1.82) is 0 Å². The van der Waals surface area contributed by atoms with Crippen LogP contribution in [0.4, 0.5) is 5.69 Å². The monoisotopic (exact) mass is 364 g/mol. The van der Waals surface area contributed by atoms with Crippen LogP contribution in [0.1, 0.15) is 39.3 Å². The Morgan fingerprint density at radius 3 is 2.78 bits per heavy atom. The van der Waals surface area contributed by atoms with E-state index in [1.54, 1.807) is 36.4 Å². The minimum atomic E-state index is -0.658. The highest BCUT2D eigenvalue weighted by atomic mass is 16.2. The first kappa shape index (κ1) is 16.9. The second kappa shape index (κ2) is 6.64. The third-order valence-corrected chi connectivity index (χ3v) is 4.68. The Hall–Kier alpha value is -3.55. The SMILES string of the molecule is O=C1CCC(N2Cc3cc(NC(=O)c4ccccn4)ccc3C2=O)C(=O)N1. The quantitative estimate of drug-likeness (QED) is 0.793. The Morgan fingerprint density at radius 2 is 2.04 bits per heavy atom. The summed E-state index contributed by atoms with van der Waals surface area (Å²) >= 11 is 0. The summed E-state index contributed by atoms with van der Waals surface area (Å²) < 4.78 is 0. The van der Waals surface area contributed by atoms with Crippen LogP contribution in [0.25, 0.3) is 0 Å². The zero-order valence-electron chi connectivity index (χ0n) is 14.3. The third-order valence-electron chi connectivity index (χ3n) is 4.68. The van der Waals surface area contributed by atoms with E-state index in [4.69, 9.17) is 0 Å². The van der Waals surface area contributed by atoms with E-state index in [0.717, 1.165) is 5.56 Å². The Bertz CT molecular complexity index is 957. The highest BCUT2D eigenvalue weighted by Gasteiger charge is 2.39. The van der Waals surface area contributed by atoms with Crippen molar-refractivity contribution in [1.82, 2.24) is 15.2 Å². The maximum absolute atomic E-state index is 12.6. The summed E-state index contributed by atoms with van der Waals surface area (Å²) in [6, 6.07) is 9.40. The molecule has 1 atom stereocenters. The summed E-state index contributed by atoms with van der Waals surface area (Å²) in [4.78, 5) is 53.7. The van der Waals surface area contributed by atoms with Crippen LogP contribution in [0, 0.1) is 0 Å². The maximum atomic E-state index is 12.6. The predicted molar refractivity (Wildman–Crippen MR) is 94.7 cm³/mol. The third kappa shape index (κ3) is 3.17. The molecule has 2 aliphatic heterocycles. The molecular formula is C19H16N4O4. The van der Waals surface area contributed by atoms with Crippen LogP contribution in [0.3, 0.4) is 0 Å². The van der Waals surface area contributed by atoms with Gasteiger partial charge < -0.3 is 10.2 Å². The highest BCUT2D eigenvalue weighted by molar-refractivity contribution is 6.06. The van der Waals surface area contributed by atoms with Gasteiger partial charge in [0.1, 0.15) is 11.7 Å². The van der Waals surface area contributed by atoms with E-state index < -0.39 is 11.9 Å². The van der Waals surface area contributed by atoms with Gasteiger partial charge in [0.25, 0.3) is 11.8 Å². The van der Waals surface area contributed by atoms with Crippen molar-refractivity contribution in [3.05, 3.63) is 59.4 Å². The van der Waals surface area contributed by atoms with E-state index >= 15 is 0 Å². The number of amides is 4. The van der Waals surface area contributed by atoms with Gasteiger partial charge in [-0.25, -0.2) is 0 Å². The van der Waals surface area contributed by atoms with Crippen molar-refractivity contribution in [3.63, 3.8) is 0 Å². The van der Waals surface area contributed by atoms with Gasteiger partial charge in [-0.15, -0.1) is 0 Å². The molecule has 1 saturated heterocycles. The molecule has 27 heavy (non-hydrogen) atoms. The van der Waals surface area contributed by atoms with Gasteiger partial charge in [0.05, 0.1) is 0 Å². The first-order chi connectivity index (χ1) is 13.0. The second-order valence-corrected chi connectivity index (χ2v) is 6.44. The molecule has 136 valence electrons. The number of carbonyl (C=O) groups is 4. The Kier molecular flexibility index (Phi) is 4.15. The summed E-state index contributed by atoms with van der Waals surface area (Å²) in [5.74, 6) is -1.36. The lowest BCUT2D eigenvalue weighted by atomic mass is 10.0. The van der Waals surface area contributed by atoms with Gasteiger partial charge in [0.2, 0.25) is 11.8 Å². The van der Waals surface area contributed by atoms with Gasteiger partial charge in [-0.3, -0.25) is 29.5 Å². The number of nitrogens with zero attached hydrogens (tertiary/aromatic N) is 2. The van der Waals surface area contributed by atoms with Gasteiger partial charge in [0, 0.05) is 30.4 Å². The number of aromatic nitrogens is 1. The van der Waals surface area contributed by atoms with Crippen molar-refractivity contribution in [3.8, 4) is 0 Å². The smallest absolute Gasteiger partial charge is 0.274 e. The van der Waals surface area contributed by atoms with Crippen molar-refractivity contribution in [2.24, 2.45) is 0 Å². The zero-order valence-corrected chi connectivity index (χ0v) is 14.3. The first-order valence-corrected chi connectivity index (χ1v) is 8.53. The van der Waals surface area contributed by atoms with E-state index in [-0.39, 0.29) is 30.7 Å². The van der Waals surface area contributed by atoms with E-state index in [1.165, 1.54) is 11.1 Å². The van der Waals surface area contributed by atoms with Crippen LogP contribution in [0.2, 0.25) is 0 Å². The number of nitrogens with one attached hydrogen (secondary N) is 2. The number of hydrogen-bond donors (Lipinski definition) is 2. The van der Waals surface area contributed by atoms with Crippen molar-refractivity contribution in [2.75, 3.05) is 5.32 Å². The number of hydrogen-bond acceptors (Lipinski definition) is 5. The van der Waals surface area contributed by atoms with E-state index in [2.05, 4.69) is 15.6 Å². The average Bonchev–Trinajstić information content (AvgIpc) is 2.98. The molecule has 4 amide bonds. The molecule has 1 unspecified atom stereocenters. The fourth-order valence-corrected chi connectivity index (χ4v) is 3.34. The Balaban J connectivity index is 1.52. The predicted octanol–water partition coefficient (Wildman–Crippen LogP) is 1.09. The second-order valence-electron chi connectivity index (χ2n) is 6.44. The molecule has 0 bridgehead atoms. The standard InChI is InChI=1S/C19H16N4O4/c24-16-7-6-15(18(26)22-16)23-10-11-9-12(4-5-13(11)19(23)27)21-17(25)14-3-1-2-8-20-14/h1-5,8-9,15H,6-7,10H2,(H,21,25)(H,22,24,26). The molecule has 1 aromatic carbocycles. The van der Waals surface area contributed by atoms with Gasteiger partial charge in [-0.2, -0.15) is 0 Å². The minimum absolute atomic E-state index is 0.210. The van der Waals surface area contributed by atoms with Gasteiger partial charge in [-0.1, -0.05) is 6.07 Å². The lowest BCUT2D eigenvalue weighted by molar-refractivity contribution is -0.136. The normalized spacial score (nSPS) is 18.9. The van der Waals surface area contributed by atoms with Crippen LogP contribution in [-0.4, -0.2) is 39.6 Å². The van der Waals surface area contributed by atoms with E-state index in [1.807, 2.05) is 0 Å². The van der Waals surface area contributed by atoms with Crippen LogP contribution in [-0.2, 0) is 16.1 Å². The summed E-state index contributed by atoms with van der Waals surface area (Å²) in [7, 11) is 0. The zero-order chi connectivity index (χ0) is 19.0. The van der Waals surface area contributed by atoms with Gasteiger partial charge >= 0.3 is 0 Å². The molecule has 8 heteroatoms.